The maximum Gasteiger partial charge on any atom is 0.271 e. The Labute approximate surface area is 154 Å². The third-order valence-electron chi connectivity index (χ3n) is 4.24. The van der Waals surface area contributed by atoms with Gasteiger partial charge in [0, 0.05) is 31.3 Å². The summed E-state index contributed by atoms with van der Waals surface area (Å²) in [5.74, 6) is -0.333. The molecule has 0 saturated carbocycles. The molecule has 3 rings (SSSR count). The standard InChI is InChI=1S/C19H18N2O2S2/c1-5-21-18(22)13(11(4)14(9-20)19(21)23)6-12-7-16-17(24-12)8-15(25-16)10(2)3/h6-8,10H,5H2,1-4H3/b13-6-. The first-order valence-corrected chi connectivity index (χ1v) is 9.73. The van der Waals surface area contributed by atoms with Crippen LogP contribution in [0.2, 0.25) is 0 Å². The Morgan fingerprint density at radius 2 is 1.88 bits per heavy atom. The molecule has 0 bridgehead atoms. The second kappa shape index (κ2) is 6.58. The molecule has 0 atom stereocenters. The molecule has 2 amide bonds. The van der Waals surface area contributed by atoms with Gasteiger partial charge in [0.1, 0.15) is 11.6 Å². The quantitative estimate of drug-likeness (QED) is 0.581. The summed E-state index contributed by atoms with van der Waals surface area (Å²) < 4.78 is 2.41. The van der Waals surface area contributed by atoms with Crippen molar-refractivity contribution in [1.82, 2.24) is 4.90 Å². The van der Waals surface area contributed by atoms with E-state index in [1.54, 1.807) is 42.6 Å². The second-order valence-corrected chi connectivity index (χ2v) is 8.44. The third-order valence-corrected chi connectivity index (χ3v) is 6.78. The summed E-state index contributed by atoms with van der Waals surface area (Å²) >= 11 is 3.39. The summed E-state index contributed by atoms with van der Waals surface area (Å²) in [6, 6.07) is 6.22. The van der Waals surface area contributed by atoms with Crippen molar-refractivity contribution >= 4 is 50.0 Å². The number of carbonyl (C=O) groups is 2. The average molecular weight is 370 g/mol. The van der Waals surface area contributed by atoms with E-state index in [0.29, 0.717) is 17.1 Å². The number of amides is 2. The molecular weight excluding hydrogens is 352 g/mol. The first kappa shape index (κ1) is 17.6. The van der Waals surface area contributed by atoms with Gasteiger partial charge in [0.05, 0.1) is 0 Å². The highest BCUT2D eigenvalue weighted by atomic mass is 32.1. The topological polar surface area (TPSA) is 61.2 Å². The molecule has 1 aliphatic rings. The van der Waals surface area contributed by atoms with Gasteiger partial charge in [0.25, 0.3) is 11.8 Å². The molecule has 3 heterocycles. The molecule has 0 aliphatic carbocycles. The van der Waals surface area contributed by atoms with Crippen LogP contribution in [0.4, 0.5) is 0 Å². The lowest BCUT2D eigenvalue weighted by Crippen LogP contribution is -2.42. The molecule has 1 aliphatic heterocycles. The molecule has 2 aromatic heterocycles. The number of rotatable bonds is 3. The fraction of sp³-hybridized carbons (Fsp3) is 0.316. The summed E-state index contributed by atoms with van der Waals surface area (Å²) in [7, 11) is 0. The van der Waals surface area contributed by atoms with Crippen molar-refractivity contribution in [3.63, 3.8) is 0 Å². The highest BCUT2D eigenvalue weighted by molar-refractivity contribution is 7.28. The van der Waals surface area contributed by atoms with Crippen molar-refractivity contribution in [2.24, 2.45) is 0 Å². The van der Waals surface area contributed by atoms with Crippen LogP contribution in [0.5, 0.6) is 0 Å². The van der Waals surface area contributed by atoms with Gasteiger partial charge >= 0.3 is 0 Å². The van der Waals surface area contributed by atoms with Crippen LogP contribution in [0, 0.1) is 11.3 Å². The van der Waals surface area contributed by atoms with Crippen LogP contribution in [0.25, 0.3) is 15.5 Å². The number of nitrogens with zero attached hydrogens (tertiary/aromatic N) is 2. The molecule has 128 valence electrons. The Kier molecular flexibility index (Phi) is 4.63. The van der Waals surface area contributed by atoms with E-state index in [-0.39, 0.29) is 18.0 Å². The summed E-state index contributed by atoms with van der Waals surface area (Å²) in [4.78, 5) is 28.3. The molecule has 0 N–H and O–H groups in total. The Morgan fingerprint density at radius 1 is 1.20 bits per heavy atom. The monoisotopic (exact) mass is 370 g/mol. The van der Waals surface area contributed by atoms with Gasteiger partial charge in [0.15, 0.2) is 0 Å². The lowest BCUT2D eigenvalue weighted by molar-refractivity contribution is -0.140. The van der Waals surface area contributed by atoms with Gasteiger partial charge in [-0.1, -0.05) is 13.8 Å². The molecule has 0 spiro atoms. The highest BCUT2D eigenvalue weighted by Crippen LogP contribution is 2.38. The van der Waals surface area contributed by atoms with Gasteiger partial charge in [-0.15, -0.1) is 22.7 Å². The minimum atomic E-state index is -0.501. The smallest absolute Gasteiger partial charge is 0.271 e. The Morgan fingerprint density at radius 3 is 2.44 bits per heavy atom. The first-order valence-electron chi connectivity index (χ1n) is 8.09. The van der Waals surface area contributed by atoms with Crippen molar-refractivity contribution in [3.05, 3.63) is 38.6 Å². The summed E-state index contributed by atoms with van der Waals surface area (Å²) in [5.41, 5.74) is 0.936. The first-order chi connectivity index (χ1) is 11.9. The normalized spacial score (nSPS) is 17.3. The van der Waals surface area contributed by atoms with Crippen LogP contribution in [-0.2, 0) is 9.59 Å². The van der Waals surface area contributed by atoms with E-state index < -0.39 is 5.91 Å². The number of likely N-dealkylation sites (N-methyl/N-ethyl adjacent to an activating group) is 1. The SMILES string of the molecule is CCN1C(=O)C(C#N)=C(C)/C(=C/c2cc3sc(C(C)C)cc3s2)C1=O. The number of nitriles is 1. The Balaban J connectivity index is 2.08. The minimum absolute atomic E-state index is 0.0492. The molecule has 6 heteroatoms. The molecule has 0 fully saturated rings. The second-order valence-electron chi connectivity index (χ2n) is 6.21. The third kappa shape index (κ3) is 2.94. The fourth-order valence-electron chi connectivity index (χ4n) is 2.79. The lowest BCUT2D eigenvalue weighted by Gasteiger charge is -2.26. The Hall–Kier alpha value is -2.23. The van der Waals surface area contributed by atoms with Crippen molar-refractivity contribution in [3.8, 4) is 6.07 Å². The van der Waals surface area contributed by atoms with Crippen molar-refractivity contribution in [2.75, 3.05) is 6.54 Å². The van der Waals surface area contributed by atoms with Gasteiger partial charge in [-0.05, 0) is 43.5 Å². The van der Waals surface area contributed by atoms with Crippen LogP contribution < -0.4 is 0 Å². The van der Waals surface area contributed by atoms with Crippen LogP contribution >= 0.6 is 22.7 Å². The van der Waals surface area contributed by atoms with Gasteiger partial charge in [-0.25, -0.2) is 0 Å². The molecule has 25 heavy (non-hydrogen) atoms. The van der Waals surface area contributed by atoms with E-state index in [0.717, 1.165) is 9.78 Å². The van der Waals surface area contributed by atoms with E-state index in [4.69, 9.17) is 0 Å². The van der Waals surface area contributed by atoms with E-state index in [9.17, 15) is 14.9 Å². The summed E-state index contributed by atoms with van der Waals surface area (Å²) in [6.07, 6.45) is 1.80. The maximum absolute atomic E-state index is 12.6. The molecule has 0 unspecified atom stereocenters. The molecule has 0 aromatic carbocycles. The highest BCUT2D eigenvalue weighted by Gasteiger charge is 2.34. The number of fused-ring (bicyclic) bond motifs is 1. The van der Waals surface area contributed by atoms with E-state index in [1.165, 1.54) is 14.3 Å². The van der Waals surface area contributed by atoms with E-state index >= 15 is 0 Å². The number of hydrogen-bond donors (Lipinski definition) is 0. The lowest BCUT2D eigenvalue weighted by atomic mass is 9.95. The zero-order valence-corrected chi connectivity index (χ0v) is 16.2. The van der Waals surface area contributed by atoms with Gasteiger partial charge in [-0.2, -0.15) is 5.26 Å². The number of hydrogen-bond acceptors (Lipinski definition) is 5. The predicted octanol–water partition coefficient (Wildman–Crippen LogP) is 4.70. The van der Waals surface area contributed by atoms with Gasteiger partial charge < -0.3 is 0 Å². The summed E-state index contributed by atoms with van der Waals surface area (Å²) in [6.45, 7) is 8.00. The van der Waals surface area contributed by atoms with Crippen LogP contribution in [0.15, 0.2) is 28.9 Å². The fourth-order valence-corrected chi connectivity index (χ4v) is 5.15. The molecule has 2 aromatic rings. The average Bonchev–Trinajstić information content (AvgIpc) is 3.11. The van der Waals surface area contributed by atoms with Crippen molar-refractivity contribution < 1.29 is 9.59 Å². The zero-order valence-electron chi connectivity index (χ0n) is 14.5. The van der Waals surface area contributed by atoms with Gasteiger partial charge in [0.2, 0.25) is 0 Å². The minimum Gasteiger partial charge on any atom is -0.274 e. The van der Waals surface area contributed by atoms with Gasteiger partial charge in [-0.3, -0.25) is 14.5 Å². The van der Waals surface area contributed by atoms with Crippen molar-refractivity contribution in [1.29, 1.82) is 5.26 Å². The molecular formula is C19H18N2O2S2. The zero-order chi connectivity index (χ0) is 18.3. The molecule has 0 radical (unpaired) electrons. The van der Waals surface area contributed by atoms with Crippen LogP contribution in [0.1, 0.15) is 43.4 Å². The largest absolute Gasteiger partial charge is 0.274 e. The predicted molar refractivity (Wildman–Crippen MR) is 102 cm³/mol. The number of thiophene rings is 2. The maximum atomic E-state index is 12.6. The number of carbonyl (C=O) groups excluding carboxylic acids is 2. The van der Waals surface area contributed by atoms with E-state index in [1.807, 2.05) is 6.07 Å². The Bertz CT molecular complexity index is 951. The van der Waals surface area contributed by atoms with Crippen LogP contribution in [0.3, 0.4) is 0 Å². The number of imide groups is 1. The van der Waals surface area contributed by atoms with Crippen molar-refractivity contribution in [2.45, 2.75) is 33.6 Å². The summed E-state index contributed by atoms with van der Waals surface area (Å²) in [5, 5.41) is 9.29. The van der Waals surface area contributed by atoms with E-state index in [2.05, 4.69) is 26.0 Å². The molecule has 4 nitrogen and oxygen atoms in total. The van der Waals surface area contributed by atoms with Crippen LogP contribution in [-0.4, -0.2) is 23.3 Å². The molecule has 0 saturated heterocycles.